The topological polar surface area (TPSA) is 96.0 Å². The summed E-state index contributed by atoms with van der Waals surface area (Å²) in [6.45, 7) is 2.27. The highest BCUT2D eigenvalue weighted by atomic mass is 32.2. The molecule has 0 atom stereocenters. The van der Waals surface area contributed by atoms with Crippen LogP contribution in [0.1, 0.15) is 11.1 Å². The van der Waals surface area contributed by atoms with E-state index in [4.69, 9.17) is 11.0 Å². The Labute approximate surface area is 107 Å². The number of nitrogens with zero attached hydrogens (tertiary/aromatic N) is 1. The highest BCUT2D eigenvalue weighted by Gasteiger charge is 2.13. The number of nitriles is 1. The Morgan fingerprint density at radius 3 is 2.72 bits per heavy atom. The van der Waals surface area contributed by atoms with Crippen LogP contribution in [0.3, 0.4) is 0 Å². The maximum atomic E-state index is 11.9. The van der Waals surface area contributed by atoms with E-state index in [1.54, 1.807) is 19.1 Å². The fourth-order valence-electron chi connectivity index (χ4n) is 1.35. The van der Waals surface area contributed by atoms with Crippen LogP contribution in [-0.4, -0.2) is 21.5 Å². The summed E-state index contributed by atoms with van der Waals surface area (Å²) in [6, 6.07) is 6.39. The molecule has 0 radical (unpaired) electrons. The maximum Gasteiger partial charge on any atom is 0.240 e. The van der Waals surface area contributed by atoms with Gasteiger partial charge in [0.05, 0.1) is 16.5 Å². The van der Waals surface area contributed by atoms with Crippen LogP contribution in [0.2, 0.25) is 0 Å². The lowest BCUT2D eigenvalue weighted by Gasteiger charge is -2.06. The Bertz CT molecular complexity index is 586. The number of hydrogen-bond acceptors (Lipinski definition) is 4. The van der Waals surface area contributed by atoms with Gasteiger partial charge in [0.25, 0.3) is 0 Å². The van der Waals surface area contributed by atoms with Crippen molar-refractivity contribution in [3.05, 3.63) is 41.5 Å². The summed E-state index contributed by atoms with van der Waals surface area (Å²) >= 11 is 0. The normalized spacial score (nSPS) is 11.6. The number of nitrogens with two attached hydrogens (primary N) is 1. The van der Waals surface area contributed by atoms with Crippen LogP contribution < -0.4 is 10.5 Å². The summed E-state index contributed by atoms with van der Waals surface area (Å²) in [4.78, 5) is 0.153. The fourth-order valence-corrected chi connectivity index (χ4v) is 2.41. The lowest BCUT2D eigenvalue weighted by molar-refractivity contribution is 0.585. The Morgan fingerprint density at radius 1 is 1.44 bits per heavy atom. The molecule has 0 saturated heterocycles. The van der Waals surface area contributed by atoms with E-state index in [9.17, 15) is 8.42 Å². The molecule has 0 aliphatic heterocycles. The van der Waals surface area contributed by atoms with Crippen molar-refractivity contribution in [2.75, 3.05) is 13.1 Å². The maximum absolute atomic E-state index is 11.9. The summed E-state index contributed by atoms with van der Waals surface area (Å²) in [5, 5.41) is 8.78. The monoisotopic (exact) mass is 265 g/mol. The molecule has 96 valence electrons. The molecule has 0 aliphatic carbocycles. The SMILES string of the molecule is Cc1cc(S(=O)(=O)NC/C=C/CN)ccc1C#N. The van der Waals surface area contributed by atoms with Gasteiger partial charge in [0.2, 0.25) is 10.0 Å². The van der Waals surface area contributed by atoms with Crippen LogP contribution in [0.15, 0.2) is 35.2 Å². The number of sulfonamides is 1. The van der Waals surface area contributed by atoms with Crippen LogP contribution in [0.25, 0.3) is 0 Å². The molecule has 0 heterocycles. The molecule has 0 saturated carbocycles. The molecule has 18 heavy (non-hydrogen) atoms. The van der Waals surface area contributed by atoms with Crippen molar-refractivity contribution in [3.63, 3.8) is 0 Å². The zero-order valence-corrected chi connectivity index (χ0v) is 10.9. The zero-order valence-electron chi connectivity index (χ0n) is 10.1. The molecule has 0 aromatic heterocycles. The Hall–Kier alpha value is -1.68. The van der Waals surface area contributed by atoms with Gasteiger partial charge in [-0.3, -0.25) is 0 Å². The molecule has 0 fully saturated rings. The van der Waals surface area contributed by atoms with Gasteiger partial charge in [-0.15, -0.1) is 0 Å². The Balaban J connectivity index is 2.89. The number of rotatable bonds is 5. The second-order valence-corrected chi connectivity index (χ2v) is 5.41. The molecule has 0 amide bonds. The Kier molecular flexibility index (Phi) is 5.04. The molecule has 5 nitrogen and oxygen atoms in total. The van der Waals surface area contributed by atoms with Gasteiger partial charge in [-0.25, -0.2) is 13.1 Å². The first kappa shape index (κ1) is 14.4. The molecular weight excluding hydrogens is 250 g/mol. The van der Waals surface area contributed by atoms with Crippen molar-refractivity contribution in [2.45, 2.75) is 11.8 Å². The number of benzene rings is 1. The number of aryl methyl sites for hydroxylation is 1. The molecule has 0 aliphatic rings. The van der Waals surface area contributed by atoms with Crippen molar-refractivity contribution in [1.29, 1.82) is 5.26 Å². The summed E-state index contributed by atoms with van der Waals surface area (Å²) < 4.78 is 26.2. The molecular formula is C12H15N3O2S. The Morgan fingerprint density at radius 2 is 2.17 bits per heavy atom. The minimum atomic E-state index is -3.54. The van der Waals surface area contributed by atoms with Crippen LogP contribution in [-0.2, 0) is 10.0 Å². The molecule has 0 bridgehead atoms. The van der Waals surface area contributed by atoms with Crippen LogP contribution in [0.4, 0.5) is 0 Å². The van der Waals surface area contributed by atoms with E-state index in [0.29, 0.717) is 17.7 Å². The van der Waals surface area contributed by atoms with E-state index in [1.165, 1.54) is 18.2 Å². The van der Waals surface area contributed by atoms with Crippen molar-refractivity contribution >= 4 is 10.0 Å². The third-order valence-corrected chi connectivity index (χ3v) is 3.74. The van der Waals surface area contributed by atoms with Crippen molar-refractivity contribution in [3.8, 4) is 6.07 Å². The average Bonchev–Trinajstić information content (AvgIpc) is 2.34. The van der Waals surface area contributed by atoms with Crippen molar-refractivity contribution < 1.29 is 8.42 Å². The highest BCUT2D eigenvalue weighted by molar-refractivity contribution is 7.89. The van der Waals surface area contributed by atoms with Gasteiger partial charge in [-0.05, 0) is 30.7 Å². The summed E-state index contributed by atoms with van der Waals surface area (Å²) in [7, 11) is -3.54. The van der Waals surface area contributed by atoms with Crippen molar-refractivity contribution in [2.24, 2.45) is 5.73 Å². The van der Waals surface area contributed by atoms with E-state index >= 15 is 0 Å². The molecule has 1 aromatic rings. The highest BCUT2D eigenvalue weighted by Crippen LogP contribution is 2.14. The fraction of sp³-hybridized carbons (Fsp3) is 0.250. The second-order valence-electron chi connectivity index (χ2n) is 3.65. The van der Waals surface area contributed by atoms with E-state index < -0.39 is 10.0 Å². The lowest BCUT2D eigenvalue weighted by Crippen LogP contribution is -2.24. The number of nitrogens with one attached hydrogen (secondary N) is 1. The minimum Gasteiger partial charge on any atom is -0.327 e. The van der Waals surface area contributed by atoms with E-state index in [2.05, 4.69) is 4.72 Å². The van der Waals surface area contributed by atoms with Gasteiger partial charge >= 0.3 is 0 Å². The molecule has 6 heteroatoms. The minimum absolute atomic E-state index is 0.153. The summed E-state index contributed by atoms with van der Waals surface area (Å²) in [5.41, 5.74) is 6.35. The largest absolute Gasteiger partial charge is 0.327 e. The van der Waals surface area contributed by atoms with Gasteiger partial charge in [0.1, 0.15) is 0 Å². The van der Waals surface area contributed by atoms with Crippen molar-refractivity contribution in [1.82, 2.24) is 4.72 Å². The smallest absolute Gasteiger partial charge is 0.240 e. The molecule has 0 spiro atoms. The molecule has 1 rings (SSSR count). The zero-order chi connectivity index (χ0) is 13.6. The second kappa shape index (κ2) is 6.31. The number of hydrogen-bond donors (Lipinski definition) is 2. The molecule has 3 N–H and O–H groups in total. The predicted molar refractivity (Wildman–Crippen MR) is 69.3 cm³/mol. The van der Waals surface area contributed by atoms with Gasteiger partial charge in [-0.1, -0.05) is 12.2 Å². The van der Waals surface area contributed by atoms with E-state index in [-0.39, 0.29) is 11.4 Å². The van der Waals surface area contributed by atoms with Crippen LogP contribution in [0.5, 0.6) is 0 Å². The first-order chi connectivity index (χ1) is 8.51. The quantitative estimate of drug-likeness (QED) is 0.764. The summed E-state index contributed by atoms with van der Waals surface area (Å²) in [5.74, 6) is 0. The van der Waals surface area contributed by atoms with E-state index in [1.807, 2.05) is 6.07 Å². The van der Waals surface area contributed by atoms with Gasteiger partial charge in [0, 0.05) is 13.1 Å². The predicted octanol–water partition coefficient (Wildman–Crippen LogP) is 0.660. The molecule has 1 aromatic carbocycles. The first-order valence-corrected chi connectivity index (χ1v) is 6.85. The van der Waals surface area contributed by atoms with Crippen LogP contribution in [0, 0.1) is 18.3 Å². The standard InChI is InChI=1S/C12H15N3O2S/c1-10-8-12(5-4-11(10)9-14)18(16,17)15-7-3-2-6-13/h2-5,8,15H,6-7,13H2,1H3/b3-2+. The van der Waals surface area contributed by atoms with Gasteiger partial charge < -0.3 is 5.73 Å². The first-order valence-electron chi connectivity index (χ1n) is 5.36. The molecule has 0 unspecified atom stereocenters. The van der Waals surface area contributed by atoms with Gasteiger partial charge in [-0.2, -0.15) is 5.26 Å². The average molecular weight is 265 g/mol. The van der Waals surface area contributed by atoms with Crippen LogP contribution >= 0.6 is 0 Å². The summed E-state index contributed by atoms with van der Waals surface area (Å²) in [6.07, 6.45) is 3.32. The lowest BCUT2D eigenvalue weighted by atomic mass is 10.1. The third-order valence-electron chi connectivity index (χ3n) is 2.32. The third kappa shape index (κ3) is 3.67. The van der Waals surface area contributed by atoms with E-state index in [0.717, 1.165) is 0 Å². The van der Waals surface area contributed by atoms with Gasteiger partial charge in [0.15, 0.2) is 0 Å².